The Hall–Kier alpha value is -1.84. The molecule has 1 aliphatic rings. The molecule has 0 radical (unpaired) electrons. The normalized spacial score (nSPS) is 14.8. The summed E-state index contributed by atoms with van der Waals surface area (Å²) in [4.78, 5) is 16.6. The van der Waals surface area contributed by atoms with Gasteiger partial charge >= 0.3 is 0 Å². The quantitative estimate of drug-likeness (QED) is 0.894. The van der Waals surface area contributed by atoms with E-state index in [1.807, 2.05) is 24.3 Å². The highest BCUT2D eigenvalue weighted by Gasteiger charge is 2.29. The smallest absolute Gasteiger partial charge is 0.240 e. The molecule has 1 N–H and O–H groups in total. The van der Waals surface area contributed by atoms with Gasteiger partial charge in [0.25, 0.3) is 0 Å². The molecule has 4 heteroatoms. The van der Waals surface area contributed by atoms with Crippen molar-refractivity contribution in [3.05, 3.63) is 30.1 Å². The summed E-state index contributed by atoms with van der Waals surface area (Å²) < 4.78 is 2.08. The zero-order valence-electron chi connectivity index (χ0n) is 11.2. The van der Waals surface area contributed by atoms with E-state index in [0.29, 0.717) is 12.5 Å². The van der Waals surface area contributed by atoms with Gasteiger partial charge in [0, 0.05) is 12.5 Å². The first kappa shape index (κ1) is 12.2. The molecular formula is C15H19N3O. The molecule has 1 aliphatic carbocycles. The first-order valence-corrected chi connectivity index (χ1v) is 7.01. The molecule has 0 spiro atoms. The van der Waals surface area contributed by atoms with Crippen LogP contribution in [0.4, 0.5) is 0 Å². The third-order valence-electron chi connectivity index (χ3n) is 3.50. The van der Waals surface area contributed by atoms with Crippen molar-refractivity contribution in [3.8, 4) is 0 Å². The maximum atomic E-state index is 11.9. The number of amides is 1. The Balaban J connectivity index is 1.91. The van der Waals surface area contributed by atoms with Crippen LogP contribution in [0.25, 0.3) is 11.0 Å². The van der Waals surface area contributed by atoms with Gasteiger partial charge in [-0.2, -0.15) is 0 Å². The van der Waals surface area contributed by atoms with Crippen molar-refractivity contribution in [2.24, 2.45) is 0 Å². The average Bonchev–Trinajstić information content (AvgIpc) is 3.21. The zero-order chi connectivity index (χ0) is 13.2. The molecule has 1 aromatic heterocycles. The maximum absolute atomic E-state index is 11.9. The molecule has 0 atom stereocenters. The zero-order valence-corrected chi connectivity index (χ0v) is 11.2. The molecule has 1 heterocycles. The summed E-state index contributed by atoms with van der Waals surface area (Å²) in [7, 11) is 0. The average molecular weight is 257 g/mol. The molecule has 1 fully saturated rings. The fourth-order valence-electron chi connectivity index (χ4n) is 2.38. The highest BCUT2D eigenvalue weighted by molar-refractivity contribution is 5.81. The highest BCUT2D eigenvalue weighted by Crippen LogP contribution is 2.40. The summed E-state index contributed by atoms with van der Waals surface area (Å²) in [5.74, 6) is 1.70. The second-order valence-electron chi connectivity index (χ2n) is 5.17. The summed E-state index contributed by atoms with van der Waals surface area (Å²) in [6.45, 7) is 3.18. The van der Waals surface area contributed by atoms with Crippen LogP contribution >= 0.6 is 0 Å². The third kappa shape index (κ3) is 2.48. The SMILES string of the molecule is CCCNC(=O)Cn1c(C2CC2)nc2ccccc21. The van der Waals surface area contributed by atoms with Crippen LogP contribution in [-0.2, 0) is 11.3 Å². The van der Waals surface area contributed by atoms with Gasteiger partial charge in [-0.3, -0.25) is 4.79 Å². The Morgan fingerprint density at radius 1 is 1.42 bits per heavy atom. The minimum absolute atomic E-state index is 0.0758. The second-order valence-corrected chi connectivity index (χ2v) is 5.17. The number of imidazole rings is 1. The van der Waals surface area contributed by atoms with Gasteiger partial charge in [0.2, 0.25) is 5.91 Å². The fourth-order valence-corrected chi connectivity index (χ4v) is 2.38. The van der Waals surface area contributed by atoms with Gasteiger partial charge in [-0.15, -0.1) is 0 Å². The standard InChI is InChI=1S/C15H19N3O/c1-2-9-16-14(19)10-18-13-6-4-3-5-12(13)17-15(18)11-7-8-11/h3-6,11H,2,7-10H2,1H3,(H,16,19). The summed E-state index contributed by atoms with van der Waals surface area (Å²) in [5, 5.41) is 2.93. The van der Waals surface area contributed by atoms with Crippen LogP contribution in [0, 0.1) is 0 Å². The van der Waals surface area contributed by atoms with Crippen molar-refractivity contribution in [3.63, 3.8) is 0 Å². The van der Waals surface area contributed by atoms with Crippen molar-refractivity contribution in [1.82, 2.24) is 14.9 Å². The summed E-state index contributed by atoms with van der Waals surface area (Å²) in [6, 6.07) is 8.05. The molecule has 0 aliphatic heterocycles. The number of fused-ring (bicyclic) bond motifs is 1. The molecule has 0 bridgehead atoms. The van der Waals surface area contributed by atoms with Gasteiger partial charge in [-0.1, -0.05) is 19.1 Å². The number of rotatable bonds is 5. The lowest BCUT2D eigenvalue weighted by molar-refractivity contribution is -0.121. The molecule has 0 saturated heterocycles. The van der Waals surface area contributed by atoms with Crippen molar-refractivity contribution >= 4 is 16.9 Å². The van der Waals surface area contributed by atoms with E-state index in [4.69, 9.17) is 4.98 Å². The Kier molecular flexibility index (Phi) is 3.23. The number of nitrogens with one attached hydrogen (secondary N) is 1. The first-order chi connectivity index (χ1) is 9.29. The predicted molar refractivity (Wildman–Crippen MR) is 75.0 cm³/mol. The molecule has 2 aromatic rings. The van der Waals surface area contributed by atoms with Crippen LogP contribution in [-0.4, -0.2) is 22.0 Å². The lowest BCUT2D eigenvalue weighted by atomic mass is 10.3. The number of nitrogens with zero attached hydrogens (tertiary/aromatic N) is 2. The van der Waals surface area contributed by atoms with E-state index < -0.39 is 0 Å². The number of carbonyl (C=O) groups excluding carboxylic acids is 1. The van der Waals surface area contributed by atoms with E-state index in [0.717, 1.165) is 29.8 Å². The van der Waals surface area contributed by atoms with E-state index in [1.165, 1.54) is 12.8 Å². The van der Waals surface area contributed by atoms with Crippen molar-refractivity contribution < 1.29 is 4.79 Å². The van der Waals surface area contributed by atoms with E-state index >= 15 is 0 Å². The lowest BCUT2D eigenvalue weighted by Gasteiger charge is -2.09. The van der Waals surface area contributed by atoms with Crippen molar-refractivity contribution in [1.29, 1.82) is 0 Å². The maximum Gasteiger partial charge on any atom is 0.240 e. The van der Waals surface area contributed by atoms with Gasteiger partial charge in [-0.25, -0.2) is 4.98 Å². The van der Waals surface area contributed by atoms with Gasteiger partial charge in [0.15, 0.2) is 0 Å². The minimum Gasteiger partial charge on any atom is -0.355 e. The molecule has 19 heavy (non-hydrogen) atoms. The number of hydrogen-bond acceptors (Lipinski definition) is 2. The molecule has 1 aromatic carbocycles. The number of para-hydroxylation sites is 2. The second kappa shape index (κ2) is 5.03. The number of aromatic nitrogens is 2. The van der Waals surface area contributed by atoms with E-state index in [1.54, 1.807) is 0 Å². The van der Waals surface area contributed by atoms with Crippen LogP contribution in [0.3, 0.4) is 0 Å². The van der Waals surface area contributed by atoms with Gasteiger partial charge in [0.1, 0.15) is 12.4 Å². The Labute approximate surface area is 112 Å². The Morgan fingerprint density at radius 2 is 2.21 bits per heavy atom. The molecule has 1 saturated carbocycles. The van der Waals surface area contributed by atoms with Gasteiger partial charge < -0.3 is 9.88 Å². The number of benzene rings is 1. The molecule has 1 amide bonds. The summed E-state index contributed by atoms with van der Waals surface area (Å²) in [5.41, 5.74) is 2.06. The summed E-state index contributed by atoms with van der Waals surface area (Å²) >= 11 is 0. The fraction of sp³-hybridized carbons (Fsp3) is 0.467. The number of carbonyl (C=O) groups is 1. The van der Waals surface area contributed by atoms with Crippen molar-refractivity contribution in [2.75, 3.05) is 6.54 Å². The van der Waals surface area contributed by atoms with Crippen LogP contribution in [0.15, 0.2) is 24.3 Å². The van der Waals surface area contributed by atoms with Crippen LogP contribution < -0.4 is 5.32 Å². The monoisotopic (exact) mass is 257 g/mol. The highest BCUT2D eigenvalue weighted by atomic mass is 16.1. The predicted octanol–water partition coefficient (Wildman–Crippen LogP) is 2.44. The Morgan fingerprint density at radius 3 is 2.95 bits per heavy atom. The van der Waals surface area contributed by atoms with Crippen LogP contribution in [0.2, 0.25) is 0 Å². The molecule has 3 rings (SSSR count). The van der Waals surface area contributed by atoms with E-state index in [-0.39, 0.29) is 5.91 Å². The largest absolute Gasteiger partial charge is 0.355 e. The molecule has 100 valence electrons. The molecule has 4 nitrogen and oxygen atoms in total. The van der Waals surface area contributed by atoms with Gasteiger partial charge in [-0.05, 0) is 31.4 Å². The molecule has 0 unspecified atom stereocenters. The topological polar surface area (TPSA) is 46.9 Å². The van der Waals surface area contributed by atoms with E-state index in [2.05, 4.69) is 16.8 Å². The Bertz CT molecular complexity index is 598. The van der Waals surface area contributed by atoms with Crippen LogP contribution in [0.1, 0.15) is 37.9 Å². The minimum atomic E-state index is 0.0758. The van der Waals surface area contributed by atoms with Gasteiger partial charge in [0.05, 0.1) is 11.0 Å². The summed E-state index contributed by atoms with van der Waals surface area (Å²) in [6.07, 6.45) is 3.35. The van der Waals surface area contributed by atoms with E-state index in [9.17, 15) is 4.79 Å². The number of hydrogen-bond donors (Lipinski definition) is 1. The molecular weight excluding hydrogens is 238 g/mol. The lowest BCUT2D eigenvalue weighted by Crippen LogP contribution is -2.28. The first-order valence-electron chi connectivity index (χ1n) is 7.01. The third-order valence-corrected chi connectivity index (χ3v) is 3.50. The van der Waals surface area contributed by atoms with Crippen LogP contribution in [0.5, 0.6) is 0 Å². The van der Waals surface area contributed by atoms with Crippen molar-refractivity contribution in [2.45, 2.75) is 38.6 Å².